The summed E-state index contributed by atoms with van der Waals surface area (Å²) in [5, 5.41) is 21.3. The predicted molar refractivity (Wildman–Crippen MR) is 77.9 cm³/mol. The molecule has 0 aliphatic heterocycles. The number of amides is 1. The van der Waals surface area contributed by atoms with Gasteiger partial charge in [0.05, 0.1) is 19.2 Å². The van der Waals surface area contributed by atoms with E-state index in [-0.39, 0.29) is 19.1 Å². The van der Waals surface area contributed by atoms with E-state index >= 15 is 0 Å². The minimum Gasteiger partial charge on any atom is -0.395 e. The minimum absolute atomic E-state index is 0.00448. The van der Waals surface area contributed by atoms with Gasteiger partial charge in [-0.2, -0.15) is 5.26 Å². The number of nitrogens with zero attached hydrogens (tertiary/aromatic N) is 2. The molecule has 1 aliphatic carbocycles. The van der Waals surface area contributed by atoms with E-state index in [1.54, 1.807) is 6.08 Å². The van der Waals surface area contributed by atoms with Crippen LogP contribution in [-0.2, 0) is 4.79 Å². The number of rotatable bonds is 7. The van der Waals surface area contributed by atoms with Crippen molar-refractivity contribution in [3.8, 4) is 6.07 Å². The van der Waals surface area contributed by atoms with Crippen molar-refractivity contribution in [3.63, 3.8) is 0 Å². The maximum atomic E-state index is 12.1. The van der Waals surface area contributed by atoms with Gasteiger partial charge in [0.15, 0.2) is 0 Å². The molecule has 0 radical (unpaired) electrons. The van der Waals surface area contributed by atoms with E-state index in [0.29, 0.717) is 13.1 Å². The van der Waals surface area contributed by atoms with Crippen molar-refractivity contribution in [2.75, 3.05) is 26.2 Å². The van der Waals surface area contributed by atoms with Gasteiger partial charge in [0.25, 0.3) is 0 Å². The Morgan fingerprint density at radius 3 is 2.55 bits per heavy atom. The molecule has 0 aromatic heterocycles. The first kappa shape index (κ1) is 16.7. The molecule has 1 fully saturated rings. The number of hydrogen-bond acceptors (Lipinski definition) is 4. The Labute approximate surface area is 121 Å². The average Bonchev–Trinajstić information content (AvgIpc) is 2.65. The van der Waals surface area contributed by atoms with E-state index in [4.69, 9.17) is 5.11 Å². The van der Waals surface area contributed by atoms with E-state index < -0.39 is 5.54 Å². The zero-order valence-electron chi connectivity index (χ0n) is 12.1. The fourth-order valence-corrected chi connectivity index (χ4v) is 2.67. The third kappa shape index (κ3) is 5.32. The van der Waals surface area contributed by atoms with Gasteiger partial charge in [-0.3, -0.25) is 9.69 Å². The number of nitriles is 1. The fourth-order valence-electron chi connectivity index (χ4n) is 2.67. The highest BCUT2D eigenvalue weighted by atomic mass is 16.3. The van der Waals surface area contributed by atoms with Crippen LogP contribution in [0.2, 0.25) is 0 Å². The van der Waals surface area contributed by atoms with Crippen molar-refractivity contribution in [1.82, 2.24) is 10.2 Å². The quantitative estimate of drug-likeness (QED) is 0.542. The second-order valence-corrected chi connectivity index (χ2v) is 5.40. The standard InChI is InChI=1S/C15H25N3O2/c1-2-9-18(10-11-19)12-14(20)17-15(13-16)7-5-3-4-6-8-15/h2,19H,1,3-12H2,(H,17,20). The van der Waals surface area contributed by atoms with Crippen LogP contribution in [0.15, 0.2) is 12.7 Å². The molecule has 0 saturated heterocycles. The smallest absolute Gasteiger partial charge is 0.235 e. The lowest BCUT2D eigenvalue weighted by Gasteiger charge is -2.28. The van der Waals surface area contributed by atoms with Crippen LogP contribution in [-0.4, -0.2) is 47.7 Å². The maximum Gasteiger partial charge on any atom is 0.235 e. The van der Waals surface area contributed by atoms with Crippen LogP contribution in [0.5, 0.6) is 0 Å². The Hall–Kier alpha value is -1.38. The van der Waals surface area contributed by atoms with E-state index in [9.17, 15) is 10.1 Å². The number of nitrogens with one attached hydrogen (secondary N) is 1. The van der Waals surface area contributed by atoms with Crippen molar-refractivity contribution < 1.29 is 9.90 Å². The largest absolute Gasteiger partial charge is 0.395 e. The van der Waals surface area contributed by atoms with E-state index in [1.807, 2.05) is 4.90 Å². The average molecular weight is 279 g/mol. The Kier molecular flexibility index (Phi) is 7.27. The Morgan fingerprint density at radius 2 is 2.05 bits per heavy atom. The zero-order valence-corrected chi connectivity index (χ0v) is 12.1. The maximum absolute atomic E-state index is 12.1. The first-order chi connectivity index (χ1) is 9.65. The molecule has 0 aromatic carbocycles. The SMILES string of the molecule is C=CCN(CCO)CC(=O)NC1(C#N)CCCCCC1. The Balaban J connectivity index is 2.57. The van der Waals surface area contributed by atoms with Crippen LogP contribution < -0.4 is 5.32 Å². The lowest BCUT2D eigenvalue weighted by molar-refractivity contribution is -0.123. The predicted octanol–water partition coefficient (Wildman–Crippen LogP) is 1.20. The van der Waals surface area contributed by atoms with Gasteiger partial charge in [0.2, 0.25) is 5.91 Å². The summed E-state index contributed by atoms with van der Waals surface area (Å²) in [6, 6.07) is 2.31. The van der Waals surface area contributed by atoms with Crippen molar-refractivity contribution >= 4 is 5.91 Å². The van der Waals surface area contributed by atoms with Crippen molar-refractivity contribution in [2.45, 2.75) is 44.1 Å². The number of carbonyl (C=O) groups excluding carboxylic acids is 1. The first-order valence-electron chi connectivity index (χ1n) is 7.32. The highest BCUT2D eigenvalue weighted by Crippen LogP contribution is 2.26. The molecule has 5 heteroatoms. The fraction of sp³-hybridized carbons (Fsp3) is 0.733. The molecule has 1 saturated carbocycles. The van der Waals surface area contributed by atoms with Gasteiger partial charge >= 0.3 is 0 Å². The summed E-state index contributed by atoms with van der Waals surface area (Å²) in [6.07, 6.45) is 7.41. The van der Waals surface area contributed by atoms with Crippen LogP contribution in [0.25, 0.3) is 0 Å². The molecule has 20 heavy (non-hydrogen) atoms. The van der Waals surface area contributed by atoms with Crippen molar-refractivity contribution in [2.24, 2.45) is 0 Å². The van der Waals surface area contributed by atoms with Gasteiger partial charge in [-0.15, -0.1) is 6.58 Å². The molecule has 2 N–H and O–H groups in total. The molecule has 112 valence electrons. The summed E-state index contributed by atoms with van der Waals surface area (Å²) in [4.78, 5) is 13.9. The van der Waals surface area contributed by atoms with E-state index in [1.165, 1.54) is 0 Å². The monoisotopic (exact) mass is 279 g/mol. The lowest BCUT2D eigenvalue weighted by Crippen LogP contribution is -2.50. The highest BCUT2D eigenvalue weighted by Gasteiger charge is 2.32. The van der Waals surface area contributed by atoms with Gasteiger partial charge < -0.3 is 10.4 Å². The number of aliphatic hydroxyl groups is 1. The molecule has 0 unspecified atom stereocenters. The van der Waals surface area contributed by atoms with Gasteiger partial charge in [-0.25, -0.2) is 0 Å². The summed E-state index contributed by atoms with van der Waals surface area (Å²) in [7, 11) is 0. The Bertz CT molecular complexity index is 355. The highest BCUT2D eigenvalue weighted by molar-refractivity contribution is 5.79. The van der Waals surface area contributed by atoms with Crippen LogP contribution >= 0.6 is 0 Å². The Morgan fingerprint density at radius 1 is 1.40 bits per heavy atom. The van der Waals surface area contributed by atoms with Crippen LogP contribution in [0.4, 0.5) is 0 Å². The third-order valence-electron chi connectivity index (χ3n) is 3.72. The normalized spacial score (nSPS) is 18.1. The van der Waals surface area contributed by atoms with Gasteiger partial charge in [0, 0.05) is 13.1 Å². The van der Waals surface area contributed by atoms with Gasteiger partial charge in [0.1, 0.15) is 5.54 Å². The van der Waals surface area contributed by atoms with Crippen LogP contribution in [0, 0.1) is 11.3 Å². The summed E-state index contributed by atoms with van der Waals surface area (Å²) in [6.45, 7) is 4.81. The van der Waals surface area contributed by atoms with Crippen LogP contribution in [0.3, 0.4) is 0 Å². The second-order valence-electron chi connectivity index (χ2n) is 5.40. The van der Waals surface area contributed by atoms with Crippen LogP contribution in [0.1, 0.15) is 38.5 Å². The summed E-state index contributed by atoms with van der Waals surface area (Å²) >= 11 is 0. The van der Waals surface area contributed by atoms with Gasteiger partial charge in [-0.05, 0) is 12.8 Å². The topological polar surface area (TPSA) is 76.4 Å². The molecule has 1 amide bonds. The first-order valence-corrected chi connectivity index (χ1v) is 7.32. The molecule has 1 rings (SSSR count). The lowest BCUT2D eigenvalue weighted by atomic mass is 9.92. The molecule has 0 aromatic rings. The molecular formula is C15H25N3O2. The number of aliphatic hydroxyl groups excluding tert-OH is 1. The minimum atomic E-state index is -0.702. The second kappa shape index (κ2) is 8.72. The molecule has 0 heterocycles. The zero-order chi connectivity index (χ0) is 14.8. The number of carbonyl (C=O) groups is 1. The summed E-state index contributed by atoms with van der Waals surface area (Å²) in [5.41, 5.74) is -0.702. The molecule has 0 bridgehead atoms. The molecular weight excluding hydrogens is 254 g/mol. The summed E-state index contributed by atoms with van der Waals surface area (Å²) < 4.78 is 0. The molecule has 0 atom stereocenters. The van der Waals surface area contributed by atoms with E-state index in [2.05, 4.69) is 18.0 Å². The van der Waals surface area contributed by atoms with Crippen molar-refractivity contribution in [1.29, 1.82) is 5.26 Å². The molecule has 5 nitrogen and oxygen atoms in total. The molecule has 1 aliphatic rings. The molecule has 0 spiro atoms. The van der Waals surface area contributed by atoms with E-state index in [0.717, 1.165) is 38.5 Å². The summed E-state index contributed by atoms with van der Waals surface area (Å²) in [5.74, 6) is -0.149. The van der Waals surface area contributed by atoms with Gasteiger partial charge in [-0.1, -0.05) is 31.8 Å². The third-order valence-corrected chi connectivity index (χ3v) is 3.72. The van der Waals surface area contributed by atoms with Crippen molar-refractivity contribution in [3.05, 3.63) is 12.7 Å². The number of hydrogen-bond donors (Lipinski definition) is 2.